The van der Waals surface area contributed by atoms with E-state index in [1.165, 1.54) is 11.3 Å². The molecule has 0 atom stereocenters. The molecule has 2 rings (SSSR count). The van der Waals surface area contributed by atoms with E-state index in [1.54, 1.807) is 26.5 Å². The maximum Gasteiger partial charge on any atom is 0.321 e. The minimum atomic E-state index is -0.299. The molecule has 2 N–H and O–H groups in total. The van der Waals surface area contributed by atoms with Gasteiger partial charge in [-0.2, -0.15) is 0 Å². The number of nitrogens with zero attached hydrogens (tertiary/aromatic N) is 1. The number of aromatic nitrogens is 1. The molecular formula is C16H21N3O3S. The highest BCUT2D eigenvalue weighted by atomic mass is 32.1. The maximum absolute atomic E-state index is 12.0. The van der Waals surface area contributed by atoms with Gasteiger partial charge < -0.3 is 14.8 Å². The number of carbonyl (C=O) groups is 1. The molecule has 0 aliphatic rings. The van der Waals surface area contributed by atoms with Crippen LogP contribution in [0.25, 0.3) is 0 Å². The second-order valence-corrected chi connectivity index (χ2v) is 6.27. The second-order valence-electron chi connectivity index (χ2n) is 5.21. The lowest BCUT2D eigenvalue weighted by molar-refractivity contribution is 0.251. The van der Waals surface area contributed by atoms with Crippen LogP contribution < -0.4 is 20.1 Å². The summed E-state index contributed by atoms with van der Waals surface area (Å²) in [5, 5.41) is 6.12. The predicted molar refractivity (Wildman–Crippen MR) is 91.6 cm³/mol. The van der Waals surface area contributed by atoms with Crippen LogP contribution in [-0.2, 0) is 6.54 Å². The van der Waals surface area contributed by atoms with Crippen molar-refractivity contribution in [1.29, 1.82) is 0 Å². The van der Waals surface area contributed by atoms with Crippen molar-refractivity contribution >= 4 is 22.5 Å². The molecule has 1 heterocycles. The molecule has 0 aliphatic heterocycles. The van der Waals surface area contributed by atoms with Gasteiger partial charge in [0, 0.05) is 29.2 Å². The van der Waals surface area contributed by atoms with Crippen LogP contribution in [0.5, 0.6) is 11.5 Å². The lowest BCUT2D eigenvalue weighted by Crippen LogP contribution is -2.28. The Morgan fingerprint density at radius 1 is 1.30 bits per heavy atom. The molecule has 0 unspecified atom stereocenters. The third-order valence-electron chi connectivity index (χ3n) is 3.25. The highest BCUT2D eigenvalue weighted by molar-refractivity contribution is 7.15. The first-order chi connectivity index (χ1) is 11.0. The Morgan fingerprint density at radius 3 is 2.70 bits per heavy atom. The molecule has 0 spiro atoms. The smallest absolute Gasteiger partial charge is 0.321 e. The monoisotopic (exact) mass is 335 g/mol. The molecule has 23 heavy (non-hydrogen) atoms. The normalized spacial score (nSPS) is 10.5. The van der Waals surface area contributed by atoms with Crippen molar-refractivity contribution in [2.24, 2.45) is 0 Å². The van der Waals surface area contributed by atoms with Gasteiger partial charge in [0.2, 0.25) is 0 Å². The van der Waals surface area contributed by atoms with Gasteiger partial charge in [-0.3, -0.25) is 5.32 Å². The van der Waals surface area contributed by atoms with Crippen molar-refractivity contribution < 1.29 is 14.3 Å². The molecule has 0 radical (unpaired) electrons. The average Bonchev–Trinajstić information content (AvgIpc) is 3.01. The van der Waals surface area contributed by atoms with Crippen LogP contribution >= 0.6 is 11.3 Å². The third-order valence-corrected chi connectivity index (χ3v) is 4.46. The van der Waals surface area contributed by atoms with Crippen LogP contribution in [0.1, 0.15) is 30.2 Å². The largest absolute Gasteiger partial charge is 0.497 e. The summed E-state index contributed by atoms with van der Waals surface area (Å²) in [5.74, 6) is 1.77. The molecule has 0 aliphatic carbocycles. The number of methoxy groups -OCH3 is 2. The fourth-order valence-corrected chi connectivity index (χ4v) is 2.74. The fraction of sp³-hybridized carbons (Fsp3) is 0.375. The van der Waals surface area contributed by atoms with E-state index in [4.69, 9.17) is 9.47 Å². The number of urea groups is 1. The molecule has 0 saturated carbocycles. The molecule has 1 aromatic heterocycles. The summed E-state index contributed by atoms with van der Waals surface area (Å²) < 4.78 is 10.5. The van der Waals surface area contributed by atoms with E-state index in [9.17, 15) is 4.79 Å². The fourth-order valence-electron chi connectivity index (χ4n) is 1.93. The minimum absolute atomic E-state index is 0.299. The van der Waals surface area contributed by atoms with Crippen LogP contribution in [0.2, 0.25) is 0 Å². The van der Waals surface area contributed by atoms with Crippen molar-refractivity contribution in [3.05, 3.63) is 34.8 Å². The summed E-state index contributed by atoms with van der Waals surface area (Å²) in [7, 11) is 3.18. The van der Waals surface area contributed by atoms with Gasteiger partial charge in [-0.1, -0.05) is 13.8 Å². The van der Waals surface area contributed by atoms with Gasteiger partial charge in [-0.05, 0) is 18.1 Å². The quantitative estimate of drug-likeness (QED) is 0.846. The van der Waals surface area contributed by atoms with Gasteiger partial charge in [0.05, 0.1) is 14.2 Å². The van der Waals surface area contributed by atoms with Gasteiger partial charge in [-0.15, -0.1) is 11.3 Å². The summed E-state index contributed by atoms with van der Waals surface area (Å²) in [6.07, 6.45) is 1.79. The average molecular weight is 335 g/mol. The topological polar surface area (TPSA) is 72.5 Å². The lowest BCUT2D eigenvalue weighted by Gasteiger charge is -2.11. The van der Waals surface area contributed by atoms with E-state index in [-0.39, 0.29) is 6.03 Å². The van der Waals surface area contributed by atoms with E-state index >= 15 is 0 Å². The number of benzene rings is 1. The number of rotatable bonds is 6. The minimum Gasteiger partial charge on any atom is -0.497 e. The van der Waals surface area contributed by atoms with Crippen molar-refractivity contribution in [1.82, 2.24) is 10.3 Å². The number of thiazole rings is 1. The predicted octanol–water partition coefficient (Wildman–Crippen LogP) is 3.61. The zero-order chi connectivity index (χ0) is 16.8. The molecule has 7 heteroatoms. The van der Waals surface area contributed by atoms with Gasteiger partial charge in [0.15, 0.2) is 5.13 Å². The van der Waals surface area contributed by atoms with E-state index in [0.29, 0.717) is 29.1 Å². The van der Waals surface area contributed by atoms with Crippen LogP contribution in [0, 0.1) is 0 Å². The Labute approximate surface area is 139 Å². The van der Waals surface area contributed by atoms with E-state index in [2.05, 4.69) is 29.5 Å². The molecule has 6 nitrogen and oxygen atoms in total. The second kappa shape index (κ2) is 7.82. The van der Waals surface area contributed by atoms with Gasteiger partial charge >= 0.3 is 6.03 Å². The van der Waals surface area contributed by atoms with Crippen molar-refractivity contribution in [2.45, 2.75) is 26.3 Å². The first-order valence-electron chi connectivity index (χ1n) is 7.25. The lowest BCUT2D eigenvalue weighted by atomic mass is 10.2. The zero-order valence-electron chi connectivity index (χ0n) is 13.7. The zero-order valence-corrected chi connectivity index (χ0v) is 14.5. The Hall–Kier alpha value is -2.28. The van der Waals surface area contributed by atoms with Crippen LogP contribution in [0.3, 0.4) is 0 Å². The number of amides is 2. The Morgan fingerprint density at radius 2 is 2.09 bits per heavy atom. The Kier molecular flexibility index (Phi) is 5.81. The molecule has 2 aromatic rings. The van der Waals surface area contributed by atoms with Crippen molar-refractivity contribution in [2.75, 3.05) is 19.5 Å². The van der Waals surface area contributed by atoms with Crippen LogP contribution in [0.4, 0.5) is 9.93 Å². The summed E-state index contributed by atoms with van der Waals surface area (Å²) in [4.78, 5) is 17.3. The molecule has 0 saturated heterocycles. The van der Waals surface area contributed by atoms with Gasteiger partial charge in [-0.25, -0.2) is 9.78 Å². The van der Waals surface area contributed by atoms with Crippen molar-refractivity contribution in [3.8, 4) is 11.5 Å². The maximum atomic E-state index is 12.0. The van der Waals surface area contributed by atoms with E-state index < -0.39 is 0 Å². The van der Waals surface area contributed by atoms with Crippen LogP contribution in [-0.4, -0.2) is 25.2 Å². The van der Waals surface area contributed by atoms with Gasteiger partial charge in [0.1, 0.15) is 11.5 Å². The number of anilines is 1. The number of carbonyl (C=O) groups excluding carboxylic acids is 1. The highest BCUT2D eigenvalue weighted by Crippen LogP contribution is 2.26. The third kappa shape index (κ3) is 4.59. The number of hydrogen-bond donors (Lipinski definition) is 2. The highest BCUT2D eigenvalue weighted by Gasteiger charge is 2.10. The number of hydrogen-bond acceptors (Lipinski definition) is 5. The van der Waals surface area contributed by atoms with Crippen LogP contribution in [0.15, 0.2) is 24.4 Å². The van der Waals surface area contributed by atoms with E-state index in [1.807, 2.05) is 12.1 Å². The molecule has 124 valence electrons. The van der Waals surface area contributed by atoms with E-state index in [0.717, 1.165) is 10.4 Å². The molecule has 1 aromatic carbocycles. The first-order valence-corrected chi connectivity index (χ1v) is 8.06. The molecular weight excluding hydrogens is 314 g/mol. The number of nitrogens with one attached hydrogen (secondary N) is 2. The van der Waals surface area contributed by atoms with Crippen molar-refractivity contribution in [3.63, 3.8) is 0 Å². The SMILES string of the molecule is COc1ccc(CNC(=O)Nc2ncc(C(C)C)s2)c(OC)c1. The summed E-state index contributed by atoms with van der Waals surface area (Å²) in [5.41, 5.74) is 0.866. The Bertz CT molecular complexity index is 670. The standard InChI is InChI=1S/C16H21N3O3S/c1-10(2)14-9-18-16(23-14)19-15(20)17-8-11-5-6-12(21-3)7-13(11)22-4/h5-7,9-10H,8H2,1-4H3,(H2,17,18,19,20). The summed E-state index contributed by atoms with van der Waals surface area (Å²) in [6.45, 7) is 4.53. The van der Waals surface area contributed by atoms with Gasteiger partial charge in [0.25, 0.3) is 0 Å². The summed E-state index contributed by atoms with van der Waals surface area (Å²) >= 11 is 1.48. The molecule has 2 amide bonds. The molecule has 0 fully saturated rings. The number of ether oxygens (including phenoxy) is 2. The Balaban J connectivity index is 1.93. The molecule has 0 bridgehead atoms. The first kappa shape index (κ1) is 17.1. The summed E-state index contributed by atoms with van der Waals surface area (Å²) in [6, 6.07) is 5.17.